The fraction of sp³-hybridized carbons (Fsp3) is 0.208. The Morgan fingerprint density at radius 2 is 1.42 bits per heavy atom. The van der Waals surface area contributed by atoms with Crippen LogP contribution in [0.25, 0.3) is 64.2 Å². The molecule has 6 aromatic carbocycles. The number of fused-ring (bicyclic) bond motifs is 8. The summed E-state index contributed by atoms with van der Waals surface area (Å²) >= 11 is 1.80. The summed E-state index contributed by atoms with van der Waals surface area (Å²) in [5.41, 5.74) is 4.99. The number of thiophene rings is 1. The number of pyridine rings is 2. The van der Waals surface area contributed by atoms with Crippen molar-refractivity contribution in [2.24, 2.45) is 5.92 Å². The molecule has 10 rings (SSSR count). The molecule has 3 aromatic heterocycles. The average molecular weight is 987 g/mol. The third-order valence-corrected chi connectivity index (χ3v) is 14.4. The molecule has 0 atom stereocenters. The van der Waals surface area contributed by atoms with Gasteiger partial charge in [-0.2, -0.15) is 11.3 Å². The molecule has 6 heteroatoms. The van der Waals surface area contributed by atoms with Crippen LogP contribution >= 0.6 is 11.3 Å². The second kappa shape index (κ2) is 17.8. The molecule has 0 unspecified atom stereocenters. The van der Waals surface area contributed by atoms with Crippen LogP contribution in [0.1, 0.15) is 54.3 Å². The first-order valence-electron chi connectivity index (χ1n) is 22.2. The SMILES string of the molecule is [2H]C([2H])(c1ccccc1)c1cc(-c2[c-]cc(F)cc2)ncc1[Si](C)(C)C.[2H]C([2H])(c1ccnc(-c2[c-]ccc3c2sc2c4ccccc4c4ccccc4c32)c1)C1CCCCC1.[Ir]. The number of benzene rings is 6. The second-order valence-electron chi connectivity index (χ2n) is 16.2. The summed E-state index contributed by atoms with van der Waals surface area (Å²) in [6, 6.07) is 46.9. The number of rotatable bonds is 7. The van der Waals surface area contributed by atoms with Gasteiger partial charge in [-0.1, -0.05) is 159 Å². The summed E-state index contributed by atoms with van der Waals surface area (Å²) in [6.07, 6.45) is 5.96. The van der Waals surface area contributed by atoms with Crippen LogP contribution in [-0.2, 0) is 32.9 Å². The molecule has 1 radical (unpaired) electrons. The fourth-order valence-corrected chi connectivity index (χ4v) is 11.0. The number of halogens is 1. The van der Waals surface area contributed by atoms with Gasteiger partial charge in [0, 0.05) is 48.5 Å². The van der Waals surface area contributed by atoms with Gasteiger partial charge in [-0.15, -0.1) is 53.6 Å². The monoisotopic (exact) mass is 987 g/mol. The van der Waals surface area contributed by atoms with Gasteiger partial charge >= 0.3 is 0 Å². The van der Waals surface area contributed by atoms with Crippen LogP contribution in [-0.4, -0.2) is 18.0 Å². The van der Waals surface area contributed by atoms with E-state index in [-0.39, 0.29) is 31.8 Å². The summed E-state index contributed by atoms with van der Waals surface area (Å²) in [4.78, 5) is 9.25. The Hall–Kier alpha value is -4.84. The van der Waals surface area contributed by atoms with Gasteiger partial charge in [-0.3, -0.25) is 4.39 Å². The van der Waals surface area contributed by atoms with E-state index in [0.717, 1.165) is 52.4 Å². The van der Waals surface area contributed by atoms with Crippen LogP contribution in [0, 0.1) is 23.9 Å². The van der Waals surface area contributed by atoms with Gasteiger partial charge in [0.1, 0.15) is 0 Å². The Bertz CT molecular complexity index is 3070. The Kier molecular flexibility index (Phi) is 10.9. The summed E-state index contributed by atoms with van der Waals surface area (Å²) in [6.45, 7) is 6.54. The van der Waals surface area contributed by atoms with Crippen LogP contribution in [0.5, 0.6) is 0 Å². The molecule has 0 aliphatic heterocycles. The summed E-state index contributed by atoms with van der Waals surface area (Å²) in [7, 11) is -1.83. The van der Waals surface area contributed by atoms with E-state index in [2.05, 4.69) is 91.4 Å². The Balaban J connectivity index is 0.000000180. The van der Waals surface area contributed by atoms with Crippen molar-refractivity contribution in [2.45, 2.75) is 64.5 Å². The molecule has 0 spiro atoms. The maximum Gasteiger partial charge on any atom is 0.0799 e. The van der Waals surface area contributed by atoms with E-state index in [1.807, 2.05) is 36.4 Å². The average Bonchev–Trinajstić information content (AvgIpc) is 3.70. The summed E-state index contributed by atoms with van der Waals surface area (Å²) in [5.74, 6) is -0.282. The van der Waals surface area contributed by atoms with Crippen molar-refractivity contribution in [3.8, 4) is 22.5 Å². The smallest absolute Gasteiger partial charge is 0.0799 e. The molecule has 297 valence electrons. The van der Waals surface area contributed by atoms with Crippen molar-refractivity contribution in [2.75, 3.05) is 0 Å². The molecule has 1 saturated carbocycles. The van der Waals surface area contributed by atoms with E-state index in [0.29, 0.717) is 22.4 Å². The van der Waals surface area contributed by atoms with Crippen LogP contribution in [0.4, 0.5) is 4.39 Å². The van der Waals surface area contributed by atoms with Crippen LogP contribution in [0.3, 0.4) is 0 Å². The predicted octanol–water partition coefficient (Wildman–Crippen LogP) is 14.2. The van der Waals surface area contributed by atoms with Crippen molar-refractivity contribution in [3.05, 3.63) is 174 Å². The maximum absolute atomic E-state index is 13.2. The Morgan fingerprint density at radius 1 is 0.712 bits per heavy atom. The molecular formula is C53H47FIrN2SSi-2. The first-order chi connectivity index (χ1) is 29.8. The zero-order chi connectivity index (χ0) is 43.2. The number of nitrogens with zero attached hydrogens (tertiary/aromatic N) is 2. The molecule has 1 aliphatic carbocycles. The van der Waals surface area contributed by atoms with Gasteiger partial charge in [0.15, 0.2) is 0 Å². The summed E-state index contributed by atoms with van der Waals surface area (Å²) < 4.78 is 51.2. The molecule has 1 fully saturated rings. The van der Waals surface area contributed by atoms with E-state index in [4.69, 9.17) is 10.5 Å². The van der Waals surface area contributed by atoms with Gasteiger partial charge in [0.05, 0.1) is 8.07 Å². The molecule has 59 heavy (non-hydrogen) atoms. The zero-order valence-electron chi connectivity index (χ0n) is 37.4. The molecule has 0 N–H and O–H groups in total. The van der Waals surface area contributed by atoms with Crippen molar-refractivity contribution < 1.29 is 30.0 Å². The minimum absolute atomic E-state index is 0. The molecule has 3 heterocycles. The molecule has 9 aromatic rings. The summed E-state index contributed by atoms with van der Waals surface area (Å²) in [5, 5.41) is 8.58. The minimum atomic E-state index is -1.83. The number of hydrogen-bond donors (Lipinski definition) is 0. The minimum Gasteiger partial charge on any atom is -0.305 e. The van der Waals surface area contributed by atoms with Gasteiger partial charge in [-0.05, 0) is 78.5 Å². The zero-order valence-corrected chi connectivity index (χ0v) is 37.6. The van der Waals surface area contributed by atoms with Crippen LogP contribution in [0.15, 0.2) is 140 Å². The largest absolute Gasteiger partial charge is 0.305 e. The predicted molar refractivity (Wildman–Crippen MR) is 247 cm³/mol. The molecule has 2 nitrogen and oxygen atoms in total. The Morgan fingerprint density at radius 3 is 2.15 bits per heavy atom. The molecular weight excluding hydrogens is 936 g/mol. The van der Waals surface area contributed by atoms with Gasteiger partial charge in [-0.25, -0.2) is 0 Å². The van der Waals surface area contributed by atoms with Crippen molar-refractivity contribution in [3.63, 3.8) is 0 Å². The molecule has 0 bridgehead atoms. The molecule has 0 saturated heterocycles. The van der Waals surface area contributed by atoms with Gasteiger partial charge in [0.25, 0.3) is 0 Å². The maximum atomic E-state index is 13.2. The standard InChI is InChI=1S/C32H26NS.C21H21FNSi.Ir/c1-2-9-21(10-3-1)19-22-17-18-33-29(20-22)27-15-8-16-28-30-25-13-6-4-11-23(25)24-12-5-7-14-26(24)32(30)34-31(27)28;1-24(2,3)21-15-23-20(17-9-11-19(22)12-10-17)14-18(21)13-16-7-5-4-6-8-16;/h4-8,11-14,16-18,20-21H,1-3,9-10,19H2;4-9,11-12,14-15H,13H2,1-3H3;/q2*-1;/i19D2;13D2;. The quantitative estimate of drug-likeness (QED) is 0.0903. The topological polar surface area (TPSA) is 25.8 Å². The normalized spacial score (nSPS) is 14.8. The van der Waals surface area contributed by atoms with Crippen molar-refractivity contribution >= 4 is 66.3 Å². The van der Waals surface area contributed by atoms with E-state index in [9.17, 15) is 4.39 Å². The van der Waals surface area contributed by atoms with E-state index in [1.54, 1.807) is 48.0 Å². The molecule has 0 amide bonds. The second-order valence-corrected chi connectivity index (χ2v) is 22.2. The van der Waals surface area contributed by atoms with E-state index >= 15 is 0 Å². The van der Waals surface area contributed by atoms with E-state index < -0.39 is 20.8 Å². The first kappa shape index (κ1) is 36.0. The number of hydrogen-bond acceptors (Lipinski definition) is 3. The fourth-order valence-electron chi connectivity index (χ4n) is 8.25. The first-order valence-corrected chi connectivity index (χ1v) is 24.5. The van der Waals surface area contributed by atoms with Crippen LogP contribution in [0.2, 0.25) is 19.6 Å². The molecule has 1 aliphatic rings. The van der Waals surface area contributed by atoms with Crippen molar-refractivity contribution in [1.29, 1.82) is 0 Å². The third kappa shape index (κ3) is 8.74. The number of aromatic nitrogens is 2. The van der Waals surface area contributed by atoms with E-state index in [1.165, 1.54) is 55.6 Å². The van der Waals surface area contributed by atoms with Crippen molar-refractivity contribution in [1.82, 2.24) is 9.97 Å². The Labute approximate surface area is 371 Å². The third-order valence-electron chi connectivity index (χ3n) is 11.1. The van der Waals surface area contributed by atoms with Gasteiger partial charge < -0.3 is 9.97 Å². The van der Waals surface area contributed by atoms with Crippen LogP contribution < -0.4 is 5.19 Å². The van der Waals surface area contributed by atoms with Gasteiger partial charge in [0.2, 0.25) is 0 Å².